The Labute approximate surface area is 131 Å². The van der Waals surface area contributed by atoms with Crippen LogP contribution in [0.5, 0.6) is 0 Å². The topological polar surface area (TPSA) is 24.5 Å². The van der Waals surface area contributed by atoms with Crippen molar-refractivity contribution in [2.75, 3.05) is 39.9 Å². The molecule has 3 heteroatoms. The van der Waals surface area contributed by atoms with Crippen molar-refractivity contribution < 1.29 is 4.74 Å². The standard InChI is InChI=1S/C18H36N2O/c1-16(2)19-13-18(10-7-11-21-15-18)14-20(3)12-17-8-5-4-6-9-17/h16-17,19H,4-15H2,1-3H3. The highest BCUT2D eigenvalue weighted by atomic mass is 16.5. The minimum absolute atomic E-state index is 0.325. The van der Waals surface area contributed by atoms with E-state index in [0.29, 0.717) is 11.5 Å². The second-order valence-electron chi connectivity index (χ2n) is 7.89. The Hall–Kier alpha value is -0.120. The Morgan fingerprint density at radius 2 is 1.95 bits per heavy atom. The summed E-state index contributed by atoms with van der Waals surface area (Å²) in [6.07, 6.45) is 9.76. The third-order valence-corrected chi connectivity index (χ3v) is 5.19. The quantitative estimate of drug-likeness (QED) is 0.780. The Kier molecular flexibility index (Phi) is 6.97. The average molecular weight is 296 g/mol. The first-order chi connectivity index (χ1) is 10.1. The fourth-order valence-corrected chi connectivity index (χ4v) is 4.10. The number of ether oxygens (including phenoxy) is 1. The average Bonchev–Trinajstić information content (AvgIpc) is 2.47. The summed E-state index contributed by atoms with van der Waals surface area (Å²) in [5.41, 5.74) is 0.325. The molecule has 1 saturated heterocycles. The van der Waals surface area contributed by atoms with E-state index in [4.69, 9.17) is 4.74 Å². The molecule has 0 aromatic rings. The van der Waals surface area contributed by atoms with Crippen LogP contribution in [0.25, 0.3) is 0 Å². The highest BCUT2D eigenvalue weighted by Crippen LogP contribution is 2.30. The van der Waals surface area contributed by atoms with Gasteiger partial charge in [-0.15, -0.1) is 0 Å². The van der Waals surface area contributed by atoms with Crippen molar-refractivity contribution in [1.82, 2.24) is 10.2 Å². The van der Waals surface area contributed by atoms with E-state index >= 15 is 0 Å². The summed E-state index contributed by atoms with van der Waals surface area (Å²) < 4.78 is 5.84. The van der Waals surface area contributed by atoms with Gasteiger partial charge < -0.3 is 15.0 Å². The van der Waals surface area contributed by atoms with Crippen LogP contribution in [-0.2, 0) is 4.74 Å². The molecule has 0 spiro atoms. The van der Waals surface area contributed by atoms with Crippen LogP contribution in [0.4, 0.5) is 0 Å². The van der Waals surface area contributed by atoms with Crippen LogP contribution >= 0.6 is 0 Å². The minimum atomic E-state index is 0.325. The van der Waals surface area contributed by atoms with E-state index in [0.717, 1.165) is 25.7 Å². The molecule has 1 unspecified atom stereocenters. The molecule has 0 aromatic carbocycles. The van der Waals surface area contributed by atoms with E-state index in [1.807, 2.05) is 0 Å². The van der Waals surface area contributed by atoms with Crippen molar-refractivity contribution in [3.63, 3.8) is 0 Å². The molecule has 124 valence electrons. The molecular formula is C18H36N2O. The predicted octanol–water partition coefficient (Wildman–Crippen LogP) is 3.29. The van der Waals surface area contributed by atoms with E-state index in [-0.39, 0.29) is 0 Å². The Bertz CT molecular complexity index is 281. The molecule has 1 saturated carbocycles. The molecule has 1 aliphatic heterocycles. The minimum Gasteiger partial charge on any atom is -0.381 e. The summed E-state index contributed by atoms with van der Waals surface area (Å²) >= 11 is 0. The lowest BCUT2D eigenvalue weighted by Gasteiger charge is -2.41. The normalized spacial score (nSPS) is 28.4. The van der Waals surface area contributed by atoms with E-state index in [2.05, 4.69) is 31.1 Å². The van der Waals surface area contributed by atoms with Gasteiger partial charge in [-0.25, -0.2) is 0 Å². The lowest BCUT2D eigenvalue weighted by atomic mass is 9.81. The number of rotatable bonds is 7. The second kappa shape index (κ2) is 8.50. The molecule has 1 heterocycles. The van der Waals surface area contributed by atoms with Gasteiger partial charge in [0.2, 0.25) is 0 Å². The molecular weight excluding hydrogens is 260 g/mol. The van der Waals surface area contributed by atoms with E-state index < -0.39 is 0 Å². The highest BCUT2D eigenvalue weighted by molar-refractivity contribution is 4.87. The van der Waals surface area contributed by atoms with Crippen LogP contribution in [0.2, 0.25) is 0 Å². The molecule has 0 aromatic heterocycles. The van der Waals surface area contributed by atoms with Crippen LogP contribution in [-0.4, -0.2) is 50.8 Å². The molecule has 0 bridgehead atoms. The summed E-state index contributed by atoms with van der Waals surface area (Å²) in [6.45, 7) is 9.93. The number of nitrogens with one attached hydrogen (secondary N) is 1. The van der Waals surface area contributed by atoms with Gasteiger partial charge in [-0.3, -0.25) is 0 Å². The van der Waals surface area contributed by atoms with Crippen LogP contribution in [0.15, 0.2) is 0 Å². The van der Waals surface area contributed by atoms with Crippen molar-refractivity contribution >= 4 is 0 Å². The molecule has 3 nitrogen and oxygen atoms in total. The van der Waals surface area contributed by atoms with Crippen LogP contribution in [0.1, 0.15) is 58.8 Å². The zero-order chi connectivity index (χ0) is 15.1. The van der Waals surface area contributed by atoms with Crippen LogP contribution < -0.4 is 5.32 Å². The SMILES string of the molecule is CC(C)NCC1(CN(C)CC2CCCCC2)CCCOC1. The van der Waals surface area contributed by atoms with Crippen molar-refractivity contribution in [1.29, 1.82) is 0 Å². The first-order valence-electron chi connectivity index (χ1n) is 9.09. The number of nitrogens with zero attached hydrogens (tertiary/aromatic N) is 1. The van der Waals surface area contributed by atoms with Gasteiger partial charge in [0.15, 0.2) is 0 Å². The Morgan fingerprint density at radius 1 is 1.19 bits per heavy atom. The summed E-state index contributed by atoms with van der Waals surface area (Å²) in [5, 5.41) is 3.66. The zero-order valence-electron chi connectivity index (χ0n) is 14.5. The third-order valence-electron chi connectivity index (χ3n) is 5.19. The summed E-state index contributed by atoms with van der Waals surface area (Å²) in [7, 11) is 2.32. The first kappa shape index (κ1) is 17.2. The molecule has 0 amide bonds. The molecule has 1 atom stereocenters. The van der Waals surface area contributed by atoms with Gasteiger partial charge in [0, 0.05) is 37.7 Å². The number of hydrogen-bond donors (Lipinski definition) is 1. The molecule has 0 radical (unpaired) electrons. The smallest absolute Gasteiger partial charge is 0.0546 e. The van der Waals surface area contributed by atoms with Crippen molar-refractivity contribution in [3.05, 3.63) is 0 Å². The predicted molar refractivity (Wildman–Crippen MR) is 89.7 cm³/mol. The molecule has 1 aliphatic carbocycles. The maximum absolute atomic E-state index is 5.84. The third kappa shape index (κ3) is 5.88. The Balaban J connectivity index is 1.84. The summed E-state index contributed by atoms with van der Waals surface area (Å²) in [4.78, 5) is 2.59. The molecule has 21 heavy (non-hydrogen) atoms. The molecule has 2 aliphatic rings. The zero-order valence-corrected chi connectivity index (χ0v) is 14.5. The van der Waals surface area contributed by atoms with Gasteiger partial charge in [-0.2, -0.15) is 0 Å². The monoisotopic (exact) mass is 296 g/mol. The summed E-state index contributed by atoms with van der Waals surface area (Å²) in [6, 6.07) is 0.562. The lowest BCUT2D eigenvalue weighted by molar-refractivity contribution is -0.0257. The second-order valence-corrected chi connectivity index (χ2v) is 7.89. The maximum Gasteiger partial charge on any atom is 0.0546 e. The molecule has 1 N–H and O–H groups in total. The van der Waals surface area contributed by atoms with Gasteiger partial charge in [-0.1, -0.05) is 33.1 Å². The van der Waals surface area contributed by atoms with Crippen molar-refractivity contribution in [2.45, 2.75) is 64.8 Å². The van der Waals surface area contributed by atoms with E-state index in [9.17, 15) is 0 Å². The fourth-order valence-electron chi connectivity index (χ4n) is 4.10. The van der Waals surface area contributed by atoms with Crippen LogP contribution in [0, 0.1) is 11.3 Å². The van der Waals surface area contributed by atoms with Crippen molar-refractivity contribution in [2.24, 2.45) is 11.3 Å². The van der Waals surface area contributed by atoms with E-state index in [1.165, 1.54) is 58.0 Å². The van der Waals surface area contributed by atoms with Gasteiger partial charge >= 0.3 is 0 Å². The lowest BCUT2D eigenvalue weighted by Crippen LogP contribution is -2.50. The largest absolute Gasteiger partial charge is 0.381 e. The highest BCUT2D eigenvalue weighted by Gasteiger charge is 2.34. The van der Waals surface area contributed by atoms with Crippen molar-refractivity contribution in [3.8, 4) is 0 Å². The van der Waals surface area contributed by atoms with Gasteiger partial charge in [0.05, 0.1) is 6.61 Å². The number of hydrogen-bond acceptors (Lipinski definition) is 3. The van der Waals surface area contributed by atoms with Crippen LogP contribution in [0.3, 0.4) is 0 Å². The maximum atomic E-state index is 5.84. The molecule has 2 rings (SSSR count). The fraction of sp³-hybridized carbons (Fsp3) is 1.00. The van der Waals surface area contributed by atoms with Gasteiger partial charge in [0.25, 0.3) is 0 Å². The Morgan fingerprint density at radius 3 is 2.57 bits per heavy atom. The first-order valence-corrected chi connectivity index (χ1v) is 9.09. The van der Waals surface area contributed by atoms with Gasteiger partial charge in [-0.05, 0) is 38.6 Å². The van der Waals surface area contributed by atoms with E-state index in [1.54, 1.807) is 0 Å². The summed E-state index contributed by atoms with van der Waals surface area (Å²) in [5.74, 6) is 0.934. The van der Waals surface area contributed by atoms with Gasteiger partial charge in [0.1, 0.15) is 0 Å². The molecule has 2 fully saturated rings.